The molecule has 88 valence electrons. The van der Waals surface area contributed by atoms with E-state index in [4.69, 9.17) is 16.3 Å². The molecule has 0 saturated heterocycles. The summed E-state index contributed by atoms with van der Waals surface area (Å²) in [6.45, 7) is 0. The van der Waals surface area contributed by atoms with E-state index < -0.39 is 0 Å². The lowest BCUT2D eigenvalue weighted by Crippen LogP contribution is -1.88. The minimum Gasteiger partial charge on any atom is -0.497 e. The fourth-order valence-electron chi connectivity index (χ4n) is 1.55. The minimum atomic E-state index is -0.344. The second kappa shape index (κ2) is 5.07. The molecule has 2 aromatic rings. The molecule has 0 aliphatic carbocycles. The quantitative estimate of drug-likeness (QED) is 0.764. The van der Waals surface area contributed by atoms with Gasteiger partial charge in [0, 0.05) is 15.1 Å². The molecule has 2 aromatic carbocycles. The maximum atomic E-state index is 13.8. The van der Waals surface area contributed by atoms with Crippen molar-refractivity contribution < 1.29 is 9.13 Å². The van der Waals surface area contributed by atoms with Gasteiger partial charge in [-0.05, 0) is 42.0 Å². The van der Waals surface area contributed by atoms with Crippen molar-refractivity contribution in [2.45, 2.75) is 0 Å². The Morgan fingerprint density at radius 3 is 2.41 bits per heavy atom. The van der Waals surface area contributed by atoms with E-state index in [2.05, 4.69) is 15.9 Å². The molecule has 0 amide bonds. The van der Waals surface area contributed by atoms with Gasteiger partial charge in [0.05, 0.1) is 7.11 Å². The average Bonchev–Trinajstić information content (AvgIpc) is 2.30. The lowest BCUT2D eigenvalue weighted by atomic mass is 10.1. The zero-order chi connectivity index (χ0) is 12.4. The van der Waals surface area contributed by atoms with Gasteiger partial charge in [-0.3, -0.25) is 0 Å². The highest BCUT2D eigenvalue weighted by molar-refractivity contribution is 9.10. The summed E-state index contributed by atoms with van der Waals surface area (Å²) in [5.74, 6) is 0.373. The van der Waals surface area contributed by atoms with Crippen LogP contribution >= 0.6 is 27.5 Å². The summed E-state index contributed by atoms with van der Waals surface area (Å²) in [6.07, 6.45) is 0. The van der Waals surface area contributed by atoms with Crippen LogP contribution in [0.25, 0.3) is 11.1 Å². The normalized spacial score (nSPS) is 10.4. The van der Waals surface area contributed by atoms with Gasteiger partial charge in [-0.15, -0.1) is 0 Å². The van der Waals surface area contributed by atoms with Crippen LogP contribution in [0.4, 0.5) is 4.39 Å². The predicted molar refractivity (Wildman–Crippen MR) is 71.1 cm³/mol. The van der Waals surface area contributed by atoms with Gasteiger partial charge in [0.25, 0.3) is 0 Å². The highest BCUT2D eigenvalue weighted by Crippen LogP contribution is 2.33. The summed E-state index contributed by atoms with van der Waals surface area (Å²) < 4.78 is 19.6. The second-order valence-corrected chi connectivity index (χ2v) is 4.76. The summed E-state index contributed by atoms with van der Waals surface area (Å²) in [5, 5.41) is 0.385. The van der Waals surface area contributed by atoms with E-state index in [1.54, 1.807) is 37.4 Å². The van der Waals surface area contributed by atoms with E-state index in [0.29, 0.717) is 10.6 Å². The number of benzene rings is 2. The third kappa shape index (κ3) is 2.61. The van der Waals surface area contributed by atoms with E-state index in [1.807, 2.05) is 0 Å². The molecule has 0 spiro atoms. The summed E-state index contributed by atoms with van der Waals surface area (Å²) in [4.78, 5) is 0. The molecule has 1 nitrogen and oxygen atoms in total. The van der Waals surface area contributed by atoms with Gasteiger partial charge in [-0.1, -0.05) is 27.5 Å². The van der Waals surface area contributed by atoms with Crippen LogP contribution < -0.4 is 4.74 Å². The molecule has 2 rings (SSSR count). The monoisotopic (exact) mass is 314 g/mol. The molecule has 0 fully saturated rings. The molecular weight excluding hydrogens is 306 g/mol. The van der Waals surface area contributed by atoms with Crippen molar-refractivity contribution in [1.82, 2.24) is 0 Å². The Labute approximate surface area is 112 Å². The molecule has 4 heteroatoms. The fraction of sp³-hybridized carbons (Fsp3) is 0.0769. The summed E-state index contributed by atoms with van der Waals surface area (Å²) in [5.41, 5.74) is 1.27. The molecule has 0 radical (unpaired) electrons. The van der Waals surface area contributed by atoms with Crippen molar-refractivity contribution >= 4 is 27.5 Å². The van der Waals surface area contributed by atoms with Crippen LogP contribution in [-0.4, -0.2) is 7.11 Å². The lowest BCUT2D eigenvalue weighted by molar-refractivity contribution is 0.414. The number of hydrogen-bond acceptors (Lipinski definition) is 1. The fourth-order valence-corrected chi connectivity index (χ4v) is 2.28. The first-order chi connectivity index (χ1) is 8.11. The van der Waals surface area contributed by atoms with Crippen LogP contribution in [0.2, 0.25) is 5.02 Å². The number of halogens is 3. The zero-order valence-electron chi connectivity index (χ0n) is 9.01. The number of rotatable bonds is 2. The van der Waals surface area contributed by atoms with E-state index in [1.165, 1.54) is 6.07 Å². The largest absolute Gasteiger partial charge is 0.497 e. The zero-order valence-corrected chi connectivity index (χ0v) is 11.3. The summed E-state index contributed by atoms with van der Waals surface area (Å²) in [7, 11) is 1.59. The highest BCUT2D eigenvalue weighted by Gasteiger charge is 2.09. The van der Waals surface area contributed by atoms with Crippen LogP contribution in [0.15, 0.2) is 40.9 Å². The van der Waals surface area contributed by atoms with Gasteiger partial charge >= 0.3 is 0 Å². The molecule has 0 aromatic heterocycles. The van der Waals surface area contributed by atoms with Crippen molar-refractivity contribution in [3.63, 3.8) is 0 Å². The highest BCUT2D eigenvalue weighted by atomic mass is 79.9. The molecule has 0 heterocycles. The third-order valence-electron chi connectivity index (χ3n) is 2.40. The molecular formula is C13H9BrClFO. The van der Waals surface area contributed by atoms with Crippen LogP contribution in [0, 0.1) is 5.82 Å². The van der Waals surface area contributed by atoms with E-state index in [0.717, 1.165) is 15.8 Å². The molecule has 0 bridgehead atoms. The topological polar surface area (TPSA) is 9.23 Å². The first kappa shape index (κ1) is 12.4. The lowest BCUT2D eigenvalue weighted by Gasteiger charge is -2.08. The minimum absolute atomic E-state index is 0.344. The Balaban J connectivity index is 2.53. The van der Waals surface area contributed by atoms with Crippen molar-refractivity contribution in [1.29, 1.82) is 0 Å². The van der Waals surface area contributed by atoms with E-state index >= 15 is 0 Å². The first-order valence-corrected chi connectivity index (χ1v) is 6.08. The third-order valence-corrected chi connectivity index (χ3v) is 3.29. The molecule has 0 unspecified atom stereocenters. The Bertz CT molecular complexity index is 557. The van der Waals surface area contributed by atoms with Crippen LogP contribution in [0.3, 0.4) is 0 Å². The Morgan fingerprint density at radius 1 is 1.12 bits per heavy atom. The van der Waals surface area contributed by atoms with Gasteiger partial charge in [0.1, 0.15) is 11.6 Å². The van der Waals surface area contributed by atoms with Gasteiger partial charge in [0.15, 0.2) is 0 Å². The van der Waals surface area contributed by atoms with Gasteiger partial charge in [-0.25, -0.2) is 4.39 Å². The average molecular weight is 316 g/mol. The standard InChI is InChI=1S/C13H9BrClFO/c1-17-9-3-5-10(12(14)7-9)11-4-2-8(15)6-13(11)16/h2-7H,1H3. The SMILES string of the molecule is COc1ccc(-c2ccc(Cl)cc2F)c(Br)c1. The van der Waals surface area contributed by atoms with Gasteiger partial charge in [0.2, 0.25) is 0 Å². The second-order valence-electron chi connectivity index (χ2n) is 3.47. The van der Waals surface area contributed by atoms with Gasteiger partial charge in [-0.2, -0.15) is 0 Å². The van der Waals surface area contributed by atoms with Gasteiger partial charge < -0.3 is 4.74 Å². The van der Waals surface area contributed by atoms with Crippen LogP contribution in [0.5, 0.6) is 5.75 Å². The summed E-state index contributed by atoms with van der Waals surface area (Å²) in [6, 6.07) is 10.0. The van der Waals surface area contributed by atoms with Crippen molar-refractivity contribution in [3.8, 4) is 16.9 Å². The maximum absolute atomic E-state index is 13.8. The van der Waals surface area contributed by atoms with Crippen LogP contribution in [-0.2, 0) is 0 Å². The van der Waals surface area contributed by atoms with Crippen molar-refractivity contribution in [2.24, 2.45) is 0 Å². The van der Waals surface area contributed by atoms with Crippen LogP contribution in [0.1, 0.15) is 0 Å². The molecule has 0 N–H and O–H groups in total. The molecule has 0 aliphatic rings. The molecule has 17 heavy (non-hydrogen) atoms. The Kier molecular flexibility index (Phi) is 3.69. The summed E-state index contributed by atoms with van der Waals surface area (Å²) >= 11 is 9.12. The Morgan fingerprint density at radius 2 is 1.82 bits per heavy atom. The molecule has 0 aliphatic heterocycles. The molecule has 0 saturated carbocycles. The van der Waals surface area contributed by atoms with Crippen molar-refractivity contribution in [3.05, 3.63) is 51.7 Å². The molecule has 0 atom stereocenters. The maximum Gasteiger partial charge on any atom is 0.132 e. The number of hydrogen-bond donors (Lipinski definition) is 0. The first-order valence-electron chi connectivity index (χ1n) is 4.91. The van der Waals surface area contributed by atoms with Crippen molar-refractivity contribution in [2.75, 3.05) is 7.11 Å². The number of methoxy groups -OCH3 is 1. The predicted octanol–water partition coefficient (Wildman–Crippen LogP) is 4.92. The van der Waals surface area contributed by atoms with E-state index in [-0.39, 0.29) is 5.82 Å². The smallest absolute Gasteiger partial charge is 0.132 e. The number of ether oxygens (including phenoxy) is 1. The van der Waals surface area contributed by atoms with E-state index in [9.17, 15) is 4.39 Å². The Hall–Kier alpha value is -1.06.